The van der Waals surface area contributed by atoms with Crippen LogP contribution in [0.1, 0.15) is 30.6 Å². The van der Waals surface area contributed by atoms with Crippen LogP contribution in [-0.4, -0.2) is 60.1 Å². The molecule has 2 atom stereocenters. The number of urea groups is 1. The molecule has 3 amide bonds. The molecule has 0 aliphatic carbocycles. The van der Waals surface area contributed by atoms with Crippen LogP contribution in [-0.2, 0) is 0 Å². The van der Waals surface area contributed by atoms with Crippen molar-refractivity contribution in [2.24, 2.45) is 0 Å². The lowest BCUT2D eigenvalue weighted by Crippen LogP contribution is -2.53. The van der Waals surface area contributed by atoms with Crippen molar-refractivity contribution in [2.45, 2.75) is 38.4 Å². The van der Waals surface area contributed by atoms with Gasteiger partial charge in [0.1, 0.15) is 5.75 Å². The first-order valence-corrected chi connectivity index (χ1v) is 8.03. The SMILES string of the molecule is COc1cccc(C(=O)N2CC[C@H]3[C@@H](C2)NC(=O)N3C(C)C)c1. The van der Waals surface area contributed by atoms with Crippen LogP contribution in [0.25, 0.3) is 0 Å². The Morgan fingerprint density at radius 2 is 2.17 bits per heavy atom. The highest BCUT2D eigenvalue weighted by molar-refractivity contribution is 5.94. The normalized spacial score (nSPS) is 23.7. The number of hydrogen-bond donors (Lipinski definition) is 1. The molecule has 0 radical (unpaired) electrons. The number of carbonyl (C=O) groups excluding carboxylic acids is 2. The molecule has 0 bridgehead atoms. The zero-order valence-corrected chi connectivity index (χ0v) is 13.8. The maximum atomic E-state index is 12.7. The third-order valence-electron chi connectivity index (χ3n) is 4.64. The van der Waals surface area contributed by atoms with Crippen molar-refractivity contribution in [1.29, 1.82) is 0 Å². The second-order valence-corrected chi connectivity index (χ2v) is 6.40. The minimum absolute atomic E-state index is 0.00760. The molecule has 0 saturated carbocycles. The molecule has 2 heterocycles. The molecule has 6 nitrogen and oxygen atoms in total. The highest BCUT2D eigenvalue weighted by atomic mass is 16.5. The maximum absolute atomic E-state index is 12.7. The summed E-state index contributed by atoms with van der Waals surface area (Å²) in [7, 11) is 1.59. The number of benzene rings is 1. The van der Waals surface area contributed by atoms with Crippen molar-refractivity contribution >= 4 is 11.9 Å². The molecule has 1 aromatic carbocycles. The molecule has 1 aromatic rings. The van der Waals surface area contributed by atoms with Crippen LogP contribution in [0.15, 0.2) is 24.3 Å². The lowest BCUT2D eigenvalue weighted by molar-refractivity contribution is 0.0644. The lowest BCUT2D eigenvalue weighted by atomic mass is 9.98. The number of likely N-dealkylation sites (tertiary alicyclic amines) is 1. The Balaban J connectivity index is 1.72. The van der Waals surface area contributed by atoms with Gasteiger partial charge in [-0.15, -0.1) is 0 Å². The molecule has 0 spiro atoms. The van der Waals surface area contributed by atoms with Gasteiger partial charge in [-0.3, -0.25) is 4.79 Å². The van der Waals surface area contributed by atoms with Crippen molar-refractivity contribution in [3.05, 3.63) is 29.8 Å². The molecule has 124 valence electrons. The average Bonchev–Trinajstić information content (AvgIpc) is 2.89. The van der Waals surface area contributed by atoms with E-state index in [0.717, 1.165) is 6.42 Å². The van der Waals surface area contributed by atoms with E-state index < -0.39 is 0 Å². The van der Waals surface area contributed by atoms with E-state index in [1.165, 1.54) is 0 Å². The summed E-state index contributed by atoms with van der Waals surface area (Å²) in [5.74, 6) is 0.658. The Bertz CT molecular complexity index is 617. The highest BCUT2D eigenvalue weighted by Crippen LogP contribution is 2.26. The number of fused-ring (bicyclic) bond motifs is 1. The first-order chi connectivity index (χ1) is 11.0. The molecule has 0 unspecified atom stereocenters. The van der Waals surface area contributed by atoms with Gasteiger partial charge >= 0.3 is 6.03 Å². The smallest absolute Gasteiger partial charge is 0.318 e. The van der Waals surface area contributed by atoms with Crippen LogP contribution < -0.4 is 10.1 Å². The third-order valence-corrected chi connectivity index (χ3v) is 4.64. The molecule has 23 heavy (non-hydrogen) atoms. The number of piperidine rings is 1. The predicted molar refractivity (Wildman–Crippen MR) is 86.6 cm³/mol. The van der Waals surface area contributed by atoms with Gasteiger partial charge in [0.25, 0.3) is 5.91 Å². The van der Waals surface area contributed by atoms with Crippen molar-refractivity contribution in [3.63, 3.8) is 0 Å². The molecule has 1 N–H and O–H groups in total. The minimum Gasteiger partial charge on any atom is -0.497 e. The number of nitrogens with one attached hydrogen (secondary N) is 1. The third kappa shape index (κ3) is 2.85. The Labute approximate surface area is 136 Å². The fourth-order valence-electron chi connectivity index (χ4n) is 3.54. The maximum Gasteiger partial charge on any atom is 0.318 e. The van der Waals surface area contributed by atoms with E-state index in [4.69, 9.17) is 4.74 Å². The van der Waals surface area contributed by atoms with Crippen LogP contribution in [0.3, 0.4) is 0 Å². The summed E-state index contributed by atoms with van der Waals surface area (Å²) >= 11 is 0. The van der Waals surface area contributed by atoms with Gasteiger partial charge in [0, 0.05) is 24.7 Å². The summed E-state index contributed by atoms with van der Waals surface area (Å²) in [6.45, 7) is 5.26. The van der Waals surface area contributed by atoms with Gasteiger partial charge in [-0.05, 0) is 38.5 Å². The predicted octanol–water partition coefficient (Wildman–Crippen LogP) is 1.71. The van der Waals surface area contributed by atoms with Crippen LogP contribution >= 0.6 is 0 Å². The first-order valence-electron chi connectivity index (χ1n) is 8.03. The summed E-state index contributed by atoms with van der Waals surface area (Å²) in [5.41, 5.74) is 0.618. The lowest BCUT2D eigenvalue weighted by Gasteiger charge is -2.38. The van der Waals surface area contributed by atoms with E-state index in [2.05, 4.69) is 5.32 Å². The first kappa shape index (κ1) is 15.6. The van der Waals surface area contributed by atoms with E-state index in [-0.39, 0.29) is 30.1 Å². The number of rotatable bonds is 3. The molecule has 3 rings (SSSR count). The van der Waals surface area contributed by atoms with Crippen molar-refractivity contribution in [2.75, 3.05) is 20.2 Å². The van der Waals surface area contributed by atoms with Gasteiger partial charge in [-0.1, -0.05) is 6.07 Å². The number of carbonyl (C=O) groups is 2. The van der Waals surface area contributed by atoms with Crippen molar-refractivity contribution < 1.29 is 14.3 Å². The topological polar surface area (TPSA) is 61.9 Å². The molecular weight excluding hydrogens is 294 g/mol. The molecule has 2 saturated heterocycles. The second-order valence-electron chi connectivity index (χ2n) is 6.40. The summed E-state index contributed by atoms with van der Waals surface area (Å²) in [4.78, 5) is 28.5. The average molecular weight is 317 g/mol. The largest absolute Gasteiger partial charge is 0.497 e. The molecule has 6 heteroatoms. The number of nitrogens with zero attached hydrogens (tertiary/aromatic N) is 2. The van der Waals surface area contributed by atoms with E-state index in [9.17, 15) is 9.59 Å². The van der Waals surface area contributed by atoms with E-state index >= 15 is 0 Å². The quantitative estimate of drug-likeness (QED) is 0.923. The van der Waals surface area contributed by atoms with Gasteiger partial charge in [0.15, 0.2) is 0 Å². The zero-order chi connectivity index (χ0) is 16.6. The molecule has 2 fully saturated rings. The van der Waals surface area contributed by atoms with Crippen LogP contribution in [0.2, 0.25) is 0 Å². The molecule has 0 aromatic heterocycles. The van der Waals surface area contributed by atoms with Gasteiger partial charge in [0.2, 0.25) is 0 Å². The Morgan fingerprint density at radius 1 is 1.39 bits per heavy atom. The highest BCUT2D eigenvalue weighted by Gasteiger charge is 2.44. The number of hydrogen-bond acceptors (Lipinski definition) is 3. The summed E-state index contributed by atoms with van der Waals surface area (Å²) in [5, 5.41) is 3.01. The van der Waals surface area contributed by atoms with Gasteiger partial charge < -0.3 is 19.9 Å². The van der Waals surface area contributed by atoms with E-state index in [0.29, 0.717) is 24.4 Å². The second kappa shape index (κ2) is 6.10. The molecular formula is C17H23N3O3. The van der Waals surface area contributed by atoms with Crippen molar-refractivity contribution in [3.8, 4) is 5.75 Å². The Kier molecular flexibility index (Phi) is 4.15. The molecule has 2 aliphatic rings. The van der Waals surface area contributed by atoms with E-state index in [1.54, 1.807) is 19.2 Å². The summed E-state index contributed by atoms with van der Waals surface area (Å²) < 4.78 is 5.18. The van der Waals surface area contributed by atoms with Crippen molar-refractivity contribution in [1.82, 2.24) is 15.1 Å². The summed E-state index contributed by atoms with van der Waals surface area (Å²) in [6, 6.07) is 7.52. The zero-order valence-electron chi connectivity index (χ0n) is 13.8. The van der Waals surface area contributed by atoms with E-state index in [1.807, 2.05) is 35.8 Å². The number of methoxy groups -OCH3 is 1. The molecule has 2 aliphatic heterocycles. The fourth-order valence-corrected chi connectivity index (χ4v) is 3.54. The van der Waals surface area contributed by atoms with Gasteiger partial charge in [-0.2, -0.15) is 0 Å². The van der Waals surface area contributed by atoms with Crippen LogP contribution in [0, 0.1) is 0 Å². The Morgan fingerprint density at radius 3 is 2.87 bits per heavy atom. The summed E-state index contributed by atoms with van der Waals surface area (Å²) in [6.07, 6.45) is 0.803. The van der Waals surface area contributed by atoms with Gasteiger partial charge in [0.05, 0.1) is 19.2 Å². The Hall–Kier alpha value is -2.24. The standard InChI is InChI=1S/C17H23N3O3/c1-11(2)20-15-7-8-19(10-14(15)18-17(20)22)16(21)12-5-4-6-13(9-12)23-3/h4-6,9,11,14-15H,7-8,10H2,1-3H3,(H,18,22)/t14-,15+/m1/s1. The number of amides is 3. The van der Waals surface area contributed by atoms with Crippen LogP contribution in [0.5, 0.6) is 5.75 Å². The fraction of sp³-hybridized carbons (Fsp3) is 0.529. The monoisotopic (exact) mass is 317 g/mol. The van der Waals surface area contributed by atoms with Crippen LogP contribution in [0.4, 0.5) is 4.79 Å². The van der Waals surface area contributed by atoms with Gasteiger partial charge in [-0.25, -0.2) is 4.79 Å². The minimum atomic E-state index is -0.0225. The number of ether oxygens (including phenoxy) is 1.